The third-order valence-corrected chi connectivity index (χ3v) is 4.00. The second kappa shape index (κ2) is 6.34. The number of carboxylic acids is 1. The van der Waals surface area contributed by atoms with Gasteiger partial charge in [-0.25, -0.2) is 4.79 Å². The van der Waals surface area contributed by atoms with E-state index in [-0.39, 0.29) is 18.9 Å². The standard InChI is InChI=1S/C13H22N2O4/c16-10-7-11(13(18)19)15(8-10)12(17)5-4-9-3-1-2-6-14-9/h9-11,14,16H,1-8H2,(H,18,19)/t9?,10-,11-/m0/s1. The molecule has 2 rings (SSSR count). The maximum Gasteiger partial charge on any atom is 0.326 e. The number of nitrogens with one attached hydrogen (secondary N) is 1. The lowest BCUT2D eigenvalue weighted by molar-refractivity contribution is -0.148. The number of rotatable bonds is 4. The summed E-state index contributed by atoms with van der Waals surface area (Å²) >= 11 is 0. The summed E-state index contributed by atoms with van der Waals surface area (Å²) in [5.74, 6) is -1.18. The first-order valence-corrected chi connectivity index (χ1v) is 7.01. The molecule has 1 unspecified atom stereocenters. The van der Waals surface area contributed by atoms with Crippen LogP contribution in [0.5, 0.6) is 0 Å². The summed E-state index contributed by atoms with van der Waals surface area (Å²) in [6, 6.07) is -0.490. The van der Waals surface area contributed by atoms with Gasteiger partial charge in [0.25, 0.3) is 0 Å². The highest BCUT2D eigenvalue weighted by Crippen LogP contribution is 2.20. The van der Waals surface area contributed by atoms with Crippen LogP contribution in [0.4, 0.5) is 0 Å². The van der Waals surface area contributed by atoms with Crippen LogP contribution < -0.4 is 5.32 Å². The van der Waals surface area contributed by atoms with Gasteiger partial charge < -0.3 is 20.4 Å². The zero-order valence-corrected chi connectivity index (χ0v) is 11.0. The fourth-order valence-electron chi connectivity index (χ4n) is 2.94. The first-order chi connectivity index (χ1) is 9.08. The average Bonchev–Trinajstić information content (AvgIpc) is 2.79. The molecule has 2 aliphatic rings. The van der Waals surface area contributed by atoms with Crippen molar-refractivity contribution in [3.63, 3.8) is 0 Å². The number of hydrogen-bond donors (Lipinski definition) is 3. The lowest BCUT2D eigenvalue weighted by Crippen LogP contribution is -2.41. The van der Waals surface area contributed by atoms with E-state index in [1.165, 1.54) is 17.7 Å². The molecule has 2 aliphatic heterocycles. The largest absolute Gasteiger partial charge is 0.480 e. The number of carboxylic acid groups (broad SMARTS) is 1. The van der Waals surface area contributed by atoms with Crippen LogP contribution in [0.3, 0.4) is 0 Å². The first-order valence-electron chi connectivity index (χ1n) is 7.01. The number of aliphatic hydroxyl groups is 1. The number of β-amino-alcohol motifs (C(OH)–C–C–N with tert-alkyl or cyclic N) is 1. The van der Waals surface area contributed by atoms with Gasteiger partial charge in [0.15, 0.2) is 0 Å². The summed E-state index contributed by atoms with van der Waals surface area (Å²) in [5.41, 5.74) is 0. The van der Waals surface area contributed by atoms with Crippen molar-refractivity contribution in [2.75, 3.05) is 13.1 Å². The van der Waals surface area contributed by atoms with E-state index in [9.17, 15) is 14.7 Å². The van der Waals surface area contributed by atoms with Crippen LogP contribution in [-0.2, 0) is 9.59 Å². The lowest BCUT2D eigenvalue weighted by atomic mass is 10.0. The average molecular weight is 270 g/mol. The van der Waals surface area contributed by atoms with Crippen LogP contribution in [0, 0.1) is 0 Å². The molecule has 0 radical (unpaired) electrons. The van der Waals surface area contributed by atoms with E-state index >= 15 is 0 Å². The molecule has 3 atom stereocenters. The molecule has 0 aromatic carbocycles. The van der Waals surface area contributed by atoms with Crippen molar-refractivity contribution < 1.29 is 19.8 Å². The highest BCUT2D eigenvalue weighted by molar-refractivity contribution is 5.84. The predicted molar refractivity (Wildman–Crippen MR) is 68.6 cm³/mol. The van der Waals surface area contributed by atoms with Gasteiger partial charge in [0.05, 0.1) is 6.10 Å². The van der Waals surface area contributed by atoms with E-state index in [0.717, 1.165) is 19.4 Å². The third kappa shape index (κ3) is 3.67. The fraction of sp³-hybridized carbons (Fsp3) is 0.846. The maximum absolute atomic E-state index is 12.1. The minimum atomic E-state index is -1.03. The van der Waals surface area contributed by atoms with Crippen molar-refractivity contribution in [3.05, 3.63) is 0 Å². The van der Waals surface area contributed by atoms with E-state index in [4.69, 9.17) is 5.11 Å². The van der Waals surface area contributed by atoms with E-state index < -0.39 is 18.1 Å². The molecule has 2 fully saturated rings. The minimum absolute atomic E-state index is 0.142. The Bertz CT molecular complexity index is 342. The number of carbonyl (C=O) groups is 2. The topological polar surface area (TPSA) is 89.9 Å². The Balaban J connectivity index is 1.82. The fourth-order valence-corrected chi connectivity index (χ4v) is 2.94. The number of amides is 1. The number of aliphatic hydroxyl groups excluding tert-OH is 1. The van der Waals surface area contributed by atoms with Crippen LogP contribution in [0.2, 0.25) is 0 Å². The Morgan fingerprint density at radius 3 is 2.74 bits per heavy atom. The number of carbonyl (C=O) groups excluding carboxylic acids is 1. The molecule has 19 heavy (non-hydrogen) atoms. The number of aliphatic carboxylic acids is 1. The van der Waals surface area contributed by atoms with Crippen LogP contribution in [0.15, 0.2) is 0 Å². The van der Waals surface area contributed by atoms with Crippen molar-refractivity contribution in [1.29, 1.82) is 0 Å². The first kappa shape index (κ1) is 14.3. The molecular weight excluding hydrogens is 248 g/mol. The normalized spacial score (nSPS) is 31.4. The second-order valence-electron chi connectivity index (χ2n) is 5.48. The molecule has 0 spiro atoms. The van der Waals surface area contributed by atoms with Crippen molar-refractivity contribution >= 4 is 11.9 Å². The molecule has 6 heteroatoms. The molecule has 0 aliphatic carbocycles. The van der Waals surface area contributed by atoms with Crippen LogP contribution >= 0.6 is 0 Å². The highest BCUT2D eigenvalue weighted by atomic mass is 16.4. The summed E-state index contributed by atoms with van der Waals surface area (Å²) in [6.07, 6.45) is 3.99. The predicted octanol–water partition coefficient (Wildman–Crippen LogP) is -0.0449. The molecular formula is C13H22N2O4. The second-order valence-corrected chi connectivity index (χ2v) is 5.48. The number of piperidine rings is 1. The zero-order valence-electron chi connectivity index (χ0n) is 11.0. The van der Waals surface area contributed by atoms with Gasteiger partial charge in [-0.15, -0.1) is 0 Å². The molecule has 6 nitrogen and oxygen atoms in total. The molecule has 0 aromatic rings. The van der Waals surface area contributed by atoms with Crippen LogP contribution in [0.1, 0.15) is 38.5 Å². The van der Waals surface area contributed by atoms with Gasteiger partial charge in [0, 0.05) is 25.4 Å². The minimum Gasteiger partial charge on any atom is -0.480 e. The number of nitrogens with zero attached hydrogens (tertiary/aromatic N) is 1. The third-order valence-electron chi connectivity index (χ3n) is 4.00. The van der Waals surface area contributed by atoms with Crippen LogP contribution in [-0.4, -0.2) is 58.3 Å². The quantitative estimate of drug-likeness (QED) is 0.666. The van der Waals surface area contributed by atoms with E-state index in [0.29, 0.717) is 12.5 Å². The monoisotopic (exact) mass is 270 g/mol. The molecule has 3 N–H and O–H groups in total. The van der Waals surface area contributed by atoms with Crippen LogP contribution in [0.25, 0.3) is 0 Å². The van der Waals surface area contributed by atoms with Crippen molar-refractivity contribution in [3.8, 4) is 0 Å². The van der Waals surface area contributed by atoms with Gasteiger partial charge in [-0.2, -0.15) is 0 Å². The number of likely N-dealkylation sites (tertiary alicyclic amines) is 1. The molecule has 0 bridgehead atoms. The van der Waals surface area contributed by atoms with Gasteiger partial charge in [0.2, 0.25) is 5.91 Å². The molecule has 2 saturated heterocycles. The summed E-state index contributed by atoms with van der Waals surface area (Å²) < 4.78 is 0. The summed E-state index contributed by atoms with van der Waals surface area (Å²) in [5, 5.41) is 21.9. The lowest BCUT2D eigenvalue weighted by Gasteiger charge is -2.25. The van der Waals surface area contributed by atoms with Gasteiger partial charge in [-0.1, -0.05) is 6.42 Å². The SMILES string of the molecule is O=C(O)[C@@H]1C[C@H](O)CN1C(=O)CCC1CCCCN1. The maximum atomic E-state index is 12.1. The van der Waals surface area contributed by atoms with E-state index in [1.54, 1.807) is 0 Å². The van der Waals surface area contributed by atoms with Crippen molar-refractivity contribution in [2.24, 2.45) is 0 Å². The smallest absolute Gasteiger partial charge is 0.326 e. The van der Waals surface area contributed by atoms with E-state index in [1.807, 2.05) is 0 Å². The van der Waals surface area contributed by atoms with Crippen molar-refractivity contribution in [2.45, 2.75) is 56.7 Å². The number of hydrogen-bond acceptors (Lipinski definition) is 4. The Morgan fingerprint density at radius 1 is 1.32 bits per heavy atom. The molecule has 0 aromatic heterocycles. The Morgan fingerprint density at radius 2 is 2.11 bits per heavy atom. The van der Waals surface area contributed by atoms with Gasteiger partial charge in [-0.3, -0.25) is 4.79 Å². The Kier molecular flexibility index (Phi) is 4.76. The zero-order chi connectivity index (χ0) is 13.8. The van der Waals surface area contributed by atoms with Gasteiger partial charge >= 0.3 is 5.97 Å². The summed E-state index contributed by atoms with van der Waals surface area (Å²) in [6.45, 7) is 1.15. The molecule has 1 amide bonds. The Labute approximate surface area is 112 Å². The van der Waals surface area contributed by atoms with Gasteiger partial charge in [0.1, 0.15) is 6.04 Å². The summed E-state index contributed by atoms with van der Waals surface area (Å²) in [7, 11) is 0. The summed E-state index contributed by atoms with van der Waals surface area (Å²) in [4.78, 5) is 24.4. The highest BCUT2D eigenvalue weighted by Gasteiger charge is 2.38. The van der Waals surface area contributed by atoms with E-state index in [2.05, 4.69) is 5.32 Å². The molecule has 0 saturated carbocycles. The van der Waals surface area contributed by atoms with Crippen molar-refractivity contribution in [1.82, 2.24) is 10.2 Å². The molecule has 2 heterocycles. The molecule has 108 valence electrons. The Hall–Kier alpha value is -1.14. The van der Waals surface area contributed by atoms with Gasteiger partial charge in [-0.05, 0) is 25.8 Å².